The van der Waals surface area contributed by atoms with Crippen LogP contribution in [0, 0.1) is 0 Å². The molecule has 0 fully saturated rings. The first-order valence-electron chi connectivity index (χ1n) is 7.22. The molecule has 0 radical (unpaired) electrons. The first-order chi connectivity index (χ1) is 9.13. The lowest BCUT2D eigenvalue weighted by Crippen LogP contribution is -2.39. The SMILES string of the molecule is CCC(CC)N(CCN)c1ncccc1OC(C)C. The van der Waals surface area contributed by atoms with Crippen molar-refractivity contribution in [3.63, 3.8) is 0 Å². The van der Waals surface area contributed by atoms with Crippen LogP contribution in [0.4, 0.5) is 5.82 Å². The zero-order chi connectivity index (χ0) is 14.3. The molecule has 1 heterocycles. The average molecular weight is 265 g/mol. The van der Waals surface area contributed by atoms with E-state index in [1.54, 1.807) is 0 Å². The Bertz CT molecular complexity index is 364. The Hall–Kier alpha value is -1.29. The average Bonchev–Trinajstić information content (AvgIpc) is 2.39. The van der Waals surface area contributed by atoms with Crippen LogP contribution in [0.25, 0.3) is 0 Å². The second kappa shape index (κ2) is 8.00. The summed E-state index contributed by atoms with van der Waals surface area (Å²) in [4.78, 5) is 6.79. The van der Waals surface area contributed by atoms with Crippen LogP contribution in [-0.2, 0) is 0 Å². The number of ether oxygens (including phenoxy) is 1. The topological polar surface area (TPSA) is 51.4 Å². The quantitative estimate of drug-likeness (QED) is 0.785. The molecule has 0 amide bonds. The minimum Gasteiger partial charge on any atom is -0.487 e. The van der Waals surface area contributed by atoms with Crippen molar-refractivity contribution in [3.05, 3.63) is 18.3 Å². The van der Waals surface area contributed by atoms with Gasteiger partial charge in [0.25, 0.3) is 0 Å². The van der Waals surface area contributed by atoms with Gasteiger partial charge in [-0.05, 0) is 38.8 Å². The molecule has 4 nitrogen and oxygen atoms in total. The molecule has 0 saturated heterocycles. The van der Waals surface area contributed by atoms with E-state index in [2.05, 4.69) is 23.7 Å². The van der Waals surface area contributed by atoms with Crippen molar-refractivity contribution in [3.8, 4) is 5.75 Å². The van der Waals surface area contributed by atoms with Crippen LogP contribution in [0.1, 0.15) is 40.5 Å². The molecule has 108 valence electrons. The number of nitrogens with two attached hydrogens (primary N) is 1. The highest BCUT2D eigenvalue weighted by atomic mass is 16.5. The molecular weight excluding hydrogens is 238 g/mol. The van der Waals surface area contributed by atoms with E-state index in [-0.39, 0.29) is 6.10 Å². The standard InChI is InChI=1S/C15H27N3O/c1-5-13(6-2)18(11-9-16)15-14(19-12(3)4)8-7-10-17-15/h7-8,10,12-13H,5-6,9,11,16H2,1-4H3. The molecule has 0 bridgehead atoms. The number of aromatic nitrogens is 1. The monoisotopic (exact) mass is 265 g/mol. The van der Waals surface area contributed by atoms with Crippen LogP contribution in [0.15, 0.2) is 18.3 Å². The van der Waals surface area contributed by atoms with Gasteiger partial charge in [0.1, 0.15) is 0 Å². The summed E-state index contributed by atoms with van der Waals surface area (Å²) in [6.45, 7) is 9.88. The third kappa shape index (κ3) is 4.39. The summed E-state index contributed by atoms with van der Waals surface area (Å²) >= 11 is 0. The summed E-state index contributed by atoms with van der Waals surface area (Å²) in [5.74, 6) is 1.76. The van der Waals surface area contributed by atoms with Gasteiger partial charge in [0.05, 0.1) is 6.10 Å². The summed E-state index contributed by atoms with van der Waals surface area (Å²) < 4.78 is 5.87. The zero-order valence-corrected chi connectivity index (χ0v) is 12.6. The fraction of sp³-hybridized carbons (Fsp3) is 0.667. The molecule has 0 unspecified atom stereocenters. The van der Waals surface area contributed by atoms with Gasteiger partial charge in [-0.1, -0.05) is 13.8 Å². The first kappa shape index (κ1) is 15.8. The highest BCUT2D eigenvalue weighted by Crippen LogP contribution is 2.29. The zero-order valence-electron chi connectivity index (χ0n) is 12.6. The van der Waals surface area contributed by atoms with Gasteiger partial charge in [0.15, 0.2) is 11.6 Å². The highest BCUT2D eigenvalue weighted by Gasteiger charge is 2.20. The molecule has 0 spiro atoms. The lowest BCUT2D eigenvalue weighted by molar-refractivity contribution is 0.241. The van der Waals surface area contributed by atoms with Crippen molar-refractivity contribution in [2.75, 3.05) is 18.0 Å². The molecule has 4 heteroatoms. The lowest BCUT2D eigenvalue weighted by atomic mass is 10.1. The molecule has 0 aliphatic carbocycles. The number of pyridine rings is 1. The van der Waals surface area contributed by atoms with E-state index >= 15 is 0 Å². The normalized spacial score (nSPS) is 11.1. The minimum atomic E-state index is 0.143. The third-order valence-electron chi connectivity index (χ3n) is 3.14. The van der Waals surface area contributed by atoms with Gasteiger partial charge in [-0.3, -0.25) is 0 Å². The van der Waals surface area contributed by atoms with E-state index in [0.717, 1.165) is 31.0 Å². The summed E-state index contributed by atoms with van der Waals surface area (Å²) in [5.41, 5.74) is 5.76. The lowest BCUT2D eigenvalue weighted by Gasteiger charge is -2.32. The molecule has 2 N–H and O–H groups in total. The van der Waals surface area contributed by atoms with Crippen LogP contribution in [0.5, 0.6) is 5.75 Å². The molecule has 0 saturated carbocycles. The third-order valence-corrected chi connectivity index (χ3v) is 3.14. The van der Waals surface area contributed by atoms with E-state index in [1.165, 1.54) is 0 Å². The molecule has 0 aliphatic heterocycles. The molecule has 0 aromatic carbocycles. The predicted molar refractivity (Wildman–Crippen MR) is 80.8 cm³/mol. The van der Waals surface area contributed by atoms with Crippen LogP contribution in [0.3, 0.4) is 0 Å². The molecule has 0 aliphatic rings. The molecule has 0 atom stereocenters. The Kier molecular flexibility index (Phi) is 6.64. The number of hydrogen-bond donors (Lipinski definition) is 1. The van der Waals surface area contributed by atoms with Crippen LogP contribution < -0.4 is 15.4 Å². The van der Waals surface area contributed by atoms with Crippen LogP contribution >= 0.6 is 0 Å². The van der Waals surface area contributed by atoms with Gasteiger partial charge in [-0.15, -0.1) is 0 Å². The molecule has 19 heavy (non-hydrogen) atoms. The van der Waals surface area contributed by atoms with Gasteiger partial charge >= 0.3 is 0 Å². The van der Waals surface area contributed by atoms with Crippen LogP contribution in [0.2, 0.25) is 0 Å². The number of rotatable bonds is 8. The van der Waals surface area contributed by atoms with E-state index in [0.29, 0.717) is 12.6 Å². The molecule has 1 aromatic heterocycles. The van der Waals surface area contributed by atoms with E-state index < -0.39 is 0 Å². The fourth-order valence-electron chi connectivity index (χ4n) is 2.27. The van der Waals surface area contributed by atoms with Crippen molar-refractivity contribution in [2.45, 2.75) is 52.7 Å². The Morgan fingerprint density at radius 3 is 2.53 bits per heavy atom. The second-order valence-electron chi connectivity index (χ2n) is 4.94. The van der Waals surface area contributed by atoms with Crippen molar-refractivity contribution < 1.29 is 4.74 Å². The maximum atomic E-state index is 5.87. The molecule has 1 aromatic rings. The maximum Gasteiger partial charge on any atom is 0.171 e. The highest BCUT2D eigenvalue weighted by molar-refractivity contribution is 5.53. The number of anilines is 1. The Labute approximate surface area is 117 Å². The fourth-order valence-corrected chi connectivity index (χ4v) is 2.27. The summed E-state index contributed by atoms with van der Waals surface area (Å²) in [7, 11) is 0. The van der Waals surface area contributed by atoms with Gasteiger partial charge in [0.2, 0.25) is 0 Å². The van der Waals surface area contributed by atoms with Gasteiger partial charge in [-0.25, -0.2) is 4.98 Å². The van der Waals surface area contributed by atoms with Gasteiger partial charge < -0.3 is 15.4 Å². The Balaban J connectivity index is 3.06. The summed E-state index contributed by atoms with van der Waals surface area (Å²) in [6, 6.07) is 4.34. The largest absolute Gasteiger partial charge is 0.487 e. The van der Waals surface area contributed by atoms with E-state index in [1.807, 2.05) is 32.2 Å². The summed E-state index contributed by atoms with van der Waals surface area (Å²) in [6.07, 6.45) is 4.11. The minimum absolute atomic E-state index is 0.143. The second-order valence-corrected chi connectivity index (χ2v) is 4.94. The van der Waals surface area contributed by atoms with E-state index in [4.69, 9.17) is 10.5 Å². The van der Waals surface area contributed by atoms with Crippen molar-refractivity contribution in [1.82, 2.24) is 4.98 Å². The van der Waals surface area contributed by atoms with Gasteiger partial charge in [0, 0.05) is 25.3 Å². The molecular formula is C15H27N3O. The molecule has 1 rings (SSSR count). The number of nitrogens with zero attached hydrogens (tertiary/aromatic N) is 2. The number of hydrogen-bond acceptors (Lipinski definition) is 4. The van der Waals surface area contributed by atoms with Crippen molar-refractivity contribution in [1.29, 1.82) is 0 Å². The smallest absolute Gasteiger partial charge is 0.171 e. The summed E-state index contributed by atoms with van der Waals surface area (Å²) in [5, 5.41) is 0. The first-order valence-corrected chi connectivity index (χ1v) is 7.22. The van der Waals surface area contributed by atoms with Gasteiger partial charge in [-0.2, -0.15) is 0 Å². The van der Waals surface area contributed by atoms with Crippen LogP contribution in [-0.4, -0.2) is 30.2 Å². The Morgan fingerprint density at radius 1 is 1.32 bits per heavy atom. The Morgan fingerprint density at radius 2 is 2.00 bits per heavy atom. The maximum absolute atomic E-state index is 5.87. The van der Waals surface area contributed by atoms with E-state index in [9.17, 15) is 0 Å². The predicted octanol–water partition coefficient (Wildman–Crippen LogP) is 2.82. The van der Waals surface area contributed by atoms with Crippen molar-refractivity contribution in [2.24, 2.45) is 5.73 Å². The van der Waals surface area contributed by atoms with Crippen molar-refractivity contribution >= 4 is 5.82 Å².